The molecule has 2 aromatic carbocycles. The van der Waals surface area contributed by atoms with Crippen LogP contribution in [0.3, 0.4) is 0 Å². The van der Waals surface area contributed by atoms with Gasteiger partial charge in [0.25, 0.3) is 11.8 Å². The second kappa shape index (κ2) is 9.15. The molecule has 3 aromatic rings. The molecule has 1 atom stereocenters. The van der Waals surface area contributed by atoms with Gasteiger partial charge in [0.05, 0.1) is 6.04 Å². The van der Waals surface area contributed by atoms with Gasteiger partial charge in [-0.3, -0.25) is 9.59 Å². The molecule has 2 amide bonds. The molecule has 1 heterocycles. The zero-order valence-corrected chi connectivity index (χ0v) is 16.1. The first kappa shape index (κ1) is 19.6. The van der Waals surface area contributed by atoms with Crippen LogP contribution < -0.4 is 10.6 Å². The van der Waals surface area contributed by atoms with Gasteiger partial charge in [0, 0.05) is 11.6 Å². The van der Waals surface area contributed by atoms with Crippen molar-refractivity contribution in [2.45, 2.75) is 19.5 Å². The fourth-order valence-corrected chi connectivity index (χ4v) is 2.89. The maximum Gasteiger partial charge on any atom is 0.270 e. The SMILES string of the molecule is CC(NC(=O)c1cccc(C(=O)NCc2ccccc2Cl)n1)c1ccccc1. The van der Waals surface area contributed by atoms with E-state index in [9.17, 15) is 9.59 Å². The van der Waals surface area contributed by atoms with Gasteiger partial charge in [0.1, 0.15) is 11.4 Å². The topological polar surface area (TPSA) is 71.1 Å². The summed E-state index contributed by atoms with van der Waals surface area (Å²) in [5, 5.41) is 6.25. The molecular formula is C22H20ClN3O2. The zero-order chi connectivity index (χ0) is 19.9. The lowest BCUT2D eigenvalue weighted by Gasteiger charge is -2.14. The highest BCUT2D eigenvalue weighted by Crippen LogP contribution is 2.15. The van der Waals surface area contributed by atoms with E-state index < -0.39 is 0 Å². The van der Waals surface area contributed by atoms with Crippen molar-refractivity contribution >= 4 is 23.4 Å². The van der Waals surface area contributed by atoms with Crippen LogP contribution in [-0.2, 0) is 6.54 Å². The van der Waals surface area contributed by atoms with Crippen LogP contribution in [0.15, 0.2) is 72.8 Å². The molecule has 0 bridgehead atoms. The van der Waals surface area contributed by atoms with Gasteiger partial charge in [-0.2, -0.15) is 0 Å². The number of hydrogen-bond acceptors (Lipinski definition) is 3. The Morgan fingerprint density at radius 1 is 0.893 bits per heavy atom. The first-order chi connectivity index (χ1) is 13.5. The number of pyridine rings is 1. The fraction of sp³-hybridized carbons (Fsp3) is 0.136. The second-order valence-electron chi connectivity index (χ2n) is 6.29. The first-order valence-corrected chi connectivity index (χ1v) is 9.27. The van der Waals surface area contributed by atoms with E-state index in [1.165, 1.54) is 0 Å². The van der Waals surface area contributed by atoms with Crippen LogP contribution in [0.4, 0.5) is 0 Å². The van der Waals surface area contributed by atoms with Crippen LogP contribution in [0, 0.1) is 0 Å². The van der Waals surface area contributed by atoms with Crippen LogP contribution >= 0.6 is 11.6 Å². The highest BCUT2D eigenvalue weighted by molar-refractivity contribution is 6.31. The maximum absolute atomic E-state index is 12.5. The number of carbonyl (C=O) groups excluding carboxylic acids is 2. The molecule has 1 aromatic heterocycles. The molecule has 142 valence electrons. The number of nitrogens with zero attached hydrogens (tertiary/aromatic N) is 1. The normalized spacial score (nSPS) is 11.5. The highest BCUT2D eigenvalue weighted by Gasteiger charge is 2.15. The third-order valence-electron chi connectivity index (χ3n) is 4.26. The van der Waals surface area contributed by atoms with Crippen molar-refractivity contribution in [3.05, 3.63) is 100 Å². The number of hydrogen-bond donors (Lipinski definition) is 2. The first-order valence-electron chi connectivity index (χ1n) is 8.89. The van der Waals surface area contributed by atoms with E-state index in [1.54, 1.807) is 24.3 Å². The zero-order valence-electron chi connectivity index (χ0n) is 15.4. The Morgan fingerprint density at radius 2 is 1.54 bits per heavy atom. The smallest absolute Gasteiger partial charge is 0.270 e. The number of nitrogens with one attached hydrogen (secondary N) is 2. The maximum atomic E-state index is 12.5. The van der Waals surface area contributed by atoms with Crippen LogP contribution in [0.1, 0.15) is 45.1 Å². The second-order valence-corrected chi connectivity index (χ2v) is 6.70. The lowest BCUT2D eigenvalue weighted by molar-refractivity contribution is 0.0933. The molecule has 0 aliphatic rings. The summed E-state index contributed by atoms with van der Waals surface area (Å²) in [4.78, 5) is 29.1. The number of rotatable bonds is 6. The summed E-state index contributed by atoms with van der Waals surface area (Å²) in [6.07, 6.45) is 0. The molecule has 6 heteroatoms. The van der Waals surface area contributed by atoms with Crippen LogP contribution in [0.5, 0.6) is 0 Å². The average Bonchev–Trinajstić information content (AvgIpc) is 2.73. The summed E-state index contributed by atoms with van der Waals surface area (Å²) in [5.74, 6) is -0.706. The Kier molecular flexibility index (Phi) is 6.40. The number of amides is 2. The van der Waals surface area contributed by atoms with E-state index in [0.29, 0.717) is 5.02 Å². The van der Waals surface area contributed by atoms with Gasteiger partial charge in [-0.1, -0.05) is 66.2 Å². The van der Waals surface area contributed by atoms with Gasteiger partial charge in [0.2, 0.25) is 0 Å². The van der Waals surface area contributed by atoms with E-state index in [2.05, 4.69) is 15.6 Å². The Hall–Kier alpha value is -3.18. The predicted octanol–water partition coefficient (Wildman–Crippen LogP) is 4.16. The van der Waals surface area contributed by atoms with Crippen LogP contribution in [0.25, 0.3) is 0 Å². The molecule has 0 aliphatic carbocycles. The molecule has 28 heavy (non-hydrogen) atoms. The molecule has 0 saturated heterocycles. The Bertz CT molecular complexity index is 976. The summed E-state index contributed by atoms with van der Waals surface area (Å²) >= 11 is 6.10. The third kappa shape index (κ3) is 4.96. The van der Waals surface area contributed by atoms with E-state index in [0.717, 1.165) is 11.1 Å². The molecule has 0 saturated carbocycles. The van der Waals surface area contributed by atoms with Crippen LogP contribution in [0.2, 0.25) is 5.02 Å². The molecule has 1 unspecified atom stereocenters. The van der Waals surface area contributed by atoms with Crippen molar-refractivity contribution in [2.24, 2.45) is 0 Å². The molecule has 0 spiro atoms. The minimum absolute atomic E-state index is 0.173. The number of carbonyl (C=O) groups is 2. The van der Waals surface area contributed by atoms with Crippen molar-refractivity contribution in [3.63, 3.8) is 0 Å². The summed E-state index contributed by atoms with van der Waals surface area (Å²) in [5.41, 5.74) is 2.16. The predicted molar refractivity (Wildman–Crippen MR) is 109 cm³/mol. The van der Waals surface area contributed by atoms with Crippen molar-refractivity contribution in [1.82, 2.24) is 15.6 Å². The van der Waals surface area contributed by atoms with Crippen molar-refractivity contribution in [3.8, 4) is 0 Å². The van der Waals surface area contributed by atoms with Gasteiger partial charge < -0.3 is 10.6 Å². The molecule has 3 rings (SSSR count). The summed E-state index contributed by atoms with van der Waals surface area (Å²) < 4.78 is 0. The monoisotopic (exact) mass is 393 g/mol. The van der Waals surface area contributed by atoms with Crippen LogP contribution in [-0.4, -0.2) is 16.8 Å². The Morgan fingerprint density at radius 3 is 2.25 bits per heavy atom. The van der Waals surface area contributed by atoms with Gasteiger partial charge in [0.15, 0.2) is 0 Å². The lowest BCUT2D eigenvalue weighted by atomic mass is 10.1. The van der Waals surface area contributed by atoms with E-state index in [-0.39, 0.29) is 35.8 Å². The number of aromatic nitrogens is 1. The minimum Gasteiger partial charge on any atom is -0.347 e. The van der Waals surface area contributed by atoms with Crippen molar-refractivity contribution < 1.29 is 9.59 Å². The van der Waals surface area contributed by atoms with Gasteiger partial charge in [-0.15, -0.1) is 0 Å². The molecular weight excluding hydrogens is 374 g/mol. The minimum atomic E-state index is -0.370. The van der Waals surface area contributed by atoms with E-state index in [4.69, 9.17) is 11.6 Å². The van der Waals surface area contributed by atoms with Gasteiger partial charge >= 0.3 is 0 Å². The van der Waals surface area contributed by atoms with E-state index in [1.807, 2.05) is 55.5 Å². The lowest BCUT2D eigenvalue weighted by Crippen LogP contribution is -2.29. The largest absolute Gasteiger partial charge is 0.347 e. The summed E-state index contributed by atoms with van der Waals surface area (Å²) in [6, 6.07) is 21.5. The molecule has 5 nitrogen and oxygen atoms in total. The van der Waals surface area contributed by atoms with E-state index >= 15 is 0 Å². The van der Waals surface area contributed by atoms with Gasteiger partial charge in [-0.25, -0.2) is 4.98 Å². The molecule has 2 N–H and O–H groups in total. The third-order valence-corrected chi connectivity index (χ3v) is 4.63. The van der Waals surface area contributed by atoms with Gasteiger partial charge in [-0.05, 0) is 36.2 Å². The number of benzene rings is 2. The van der Waals surface area contributed by atoms with Crippen molar-refractivity contribution in [1.29, 1.82) is 0 Å². The fourth-order valence-electron chi connectivity index (χ4n) is 2.69. The number of halogens is 1. The Balaban J connectivity index is 1.65. The highest BCUT2D eigenvalue weighted by atomic mass is 35.5. The molecule has 0 aliphatic heterocycles. The summed E-state index contributed by atoms with van der Waals surface area (Å²) in [6.45, 7) is 2.18. The summed E-state index contributed by atoms with van der Waals surface area (Å²) in [7, 11) is 0. The Labute approximate surface area is 168 Å². The standard InChI is InChI=1S/C22H20ClN3O2/c1-15(16-8-3-2-4-9-16)25-22(28)20-13-7-12-19(26-20)21(27)24-14-17-10-5-6-11-18(17)23/h2-13,15H,14H2,1H3,(H,24,27)(H,25,28). The average molecular weight is 394 g/mol. The quantitative estimate of drug-likeness (QED) is 0.660. The molecule has 0 fully saturated rings. The molecule has 0 radical (unpaired) electrons. The van der Waals surface area contributed by atoms with Crippen molar-refractivity contribution in [2.75, 3.05) is 0 Å².